The topological polar surface area (TPSA) is 46.3 Å². The van der Waals surface area contributed by atoms with Crippen LogP contribution in [-0.4, -0.2) is 30.8 Å². The molecule has 1 unspecified atom stereocenters. The first-order valence-electron chi connectivity index (χ1n) is 4.59. The Balaban J connectivity index is 2.95. The third-order valence-corrected chi connectivity index (χ3v) is 2.38. The molecule has 0 amide bonds. The van der Waals surface area contributed by atoms with Crippen molar-refractivity contribution in [1.82, 2.24) is 4.90 Å². The van der Waals surface area contributed by atoms with Gasteiger partial charge in [-0.2, -0.15) is 0 Å². The Morgan fingerprint density at radius 2 is 1.93 bits per heavy atom. The SMILES string of the molecule is CC(C(=O)c1ccccc1N)N(C)C. The predicted octanol–water partition coefficient (Wildman–Crippen LogP) is 1.40. The summed E-state index contributed by atoms with van der Waals surface area (Å²) in [5, 5.41) is 0. The first-order valence-corrected chi connectivity index (χ1v) is 4.59. The van der Waals surface area contributed by atoms with E-state index >= 15 is 0 Å². The zero-order valence-electron chi connectivity index (χ0n) is 8.82. The zero-order chi connectivity index (χ0) is 10.7. The minimum absolute atomic E-state index is 0.0631. The number of Topliss-reactive ketones (excluding diaryl/α,β-unsaturated/α-hetero) is 1. The summed E-state index contributed by atoms with van der Waals surface area (Å²) in [6, 6.07) is 7.02. The number of rotatable bonds is 3. The number of hydrogen-bond donors (Lipinski definition) is 1. The van der Waals surface area contributed by atoms with Crippen LogP contribution in [0.3, 0.4) is 0 Å². The lowest BCUT2D eigenvalue weighted by molar-refractivity contribution is 0.0891. The van der Waals surface area contributed by atoms with Crippen LogP contribution in [0.4, 0.5) is 5.69 Å². The van der Waals surface area contributed by atoms with Gasteiger partial charge in [0.25, 0.3) is 0 Å². The number of nitrogens with two attached hydrogens (primary N) is 1. The average Bonchev–Trinajstić information content (AvgIpc) is 2.16. The van der Waals surface area contributed by atoms with Crippen molar-refractivity contribution in [3.63, 3.8) is 0 Å². The minimum Gasteiger partial charge on any atom is -0.398 e. The Kier molecular flexibility index (Phi) is 3.25. The van der Waals surface area contributed by atoms with E-state index in [4.69, 9.17) is 5.73 Å². The third-order valence-electron chi connectivity index (χ3n) is 2.38. The van der Waals surface area contributed by atoms with Gasteiger partial charge in [0.05, 0.1) is 6.04 Å². The summed E-state index contributed by atoms with van der Waals surface area (Å²) >= 11 is 0. The molecular formula is C11H16N2O. The molecule has 0 spiro atoms. The van der Waals surface area contributed by atoms with Crippen LogP contribution < -0.4 is 5.73 Å². The molecule has 0 fully saturated rings. The number of likely N-dealkylation sites (N-methyl/N-ethyl adjacent to an activating group) is 1. The van der Waals surface area contributed by atoms with Gasteiger partial charge >= 0.3 is 0 Å². The molecular weight excluding hydrogens is 176 g/mol. The number of benzene rings is 1. The Bertz CT molecular complexity index is 334. The highest BCUT2D eigenvalue weighted by atomic mass is 16.1. The maximum absolute atomic E-state index is 11.9. The summed E-state index contributed by atoms with van der Waals surface area (Å²) < 4.78 is 0. The Labute approximate surface area is 84.5 Å². The molecule has 0 saturated heterocycles. The molecule has 1 atom stereocenters. The summed E-state index contributed by atoms with van der Waals surface area (Å²) in [4.78, 5) is 13.8. The predicted molar refractivity (Wildman–Crippen MR) is 58.3 cm³/mol. The van der Waals surface area contributed by atoms with Gasteiger partial charge in [0.15, 0.2) is 5.78 Å². The van der Waals surface area contributed by atoms with Crippen LogP contribution >= 0.6 is 0 Å². The van der Waals surface area contributed by atoms with E-state index in [1.807, 2.05) is 38.1 Å². The second kappa shape index (κ2) is 4.24. The number of anilines is 1. The minimum atomic E-state index is -0.139. The monoisotopic (exact) mass is 192 g/mol. The molecule has 0 bridgehead atoms. The molecule has 0 aliphatic carbocycles. The summed E-state index contributed by atoms with van der Waals surface area (Å²) in [7, 11) is 3.75. The highest BCUT2D eigenvalue weighted by Crippen LogP contribution is 2.14. The van der Waals surface area contributed by atoms with Crippen molar-refractivity contribution < 1.29 is 4.79 Å². The second-order valence-electron chi connectivity index (χ2n) is 3.59. The van der Waals surface area contributed by atoms with Gasteiger partial charge in [-0.05, 0) is 33.2 Å². The number of nitrogen functional groups attached to an aromatic ring is 1. The lowest BCUT2D eigenvalue weighted by atomic mass is 10.0. The first-order chi connectivity index (χ1) is 6.54. The van der Waals surface area contributed by atoms with Gasteiger partial charge in [0, 0.05) is 11.3 Å². The number of ketones is 1. The van der Waals surface area contributed by atoms with Gasteiger partial charge in [0.1, 0.15) is 0 Å². The van der Waals surface area contributed by atoms with E-state index in [1.165, 1.54) is 0 Å². The van der Waals surface area contributed by atoms with Crippen molar-refractivity contribution in [3.8, 4) is 0 Å². The van der Waals surface area contributed by atoms with Crippen molar-refractivity contribution >= 4 is 11.5 Å². The van der Waals surface area contributed by atoms with Gasteiger partial charge in [-0.15, -0.1) is 0 Å². The number of para-hydroxylation sites is 1. The number of nitrogens with zero attached hydrogens (tertiary/aromatic N) is 1. The van der Waals surface area contributed by atoms with Crippen LogP contribution in [0.1, 0.15) is 17.3 Å². The normalized spacial score (nSPS) is 12.9. The summed E-state index contributed by atoms with van der Waals surface area (Å²) in [5.74, 6) is 0.0631. The molecule has 14 heavy (non-hydrogen) atoms. The van der Waals surface area contributed by atoms with Crippen LogP contribution in [0.25, 0.3) is 0 Å². The van der Waals surface area contributed by atoms with Crippen LogP contribution in [-0.2, 0) is 0 Å². The molecule has 0 aromatic heterocycles. The molecule has 1 aromatic rings. The quantitative estimate of drug-likeness (QED) is 0.581. The van der Waals surface area contributed by atoms with E-state index in [0.717, 1.165) is 0 Å². The van der Waals surface area contributed by atoms with Gasteiger partial charge in [-0.25, -0.2) is 0 Å². The first kappa shape index (κ1) is 10.7. The van der Waals surface area contributed by atoms with Crippen molar-refractivity contribution in [1.29, 1.82) is 0 Å². The number of carbonyl (C=O) groups excluding carboxylic acids is 1. The van der Waals surface area contributed by atoms with Crippen molar-refractivity contribution in [3.05, 3.63) is 29.8 Å². The molecule has 0 saturated carbocycles. The molecule has 0 heterocycles. The average molecular weight is 192 g/mol. The summed E-state index contributed by atoms with van der Waals surface area (Å²) in [5.41, 5.74) is 6.87. The fourth-order valence-corrected chi connectivity index (χ4v) is 1.18. The number of hydrogen-bond acceptors (Lipinski definition) is 3. The summed E-state index contributed by atoms with van der Waals surface area (Å²) in [6.07, 6.45) is 0. The smallest absolute Gasteiger partial charge is 0.181 e. The molecule has 76 valence electrons. The number of carbonyl (C=O) groups is 1. The van der Waals surface area contributed by atoms with Crippen LogP contribution in [0.5, 0.6) is 0 Å². The van der Waals surface area contributed by atoms with Gasteiger partial charge < -0.3 is 5.73 Å². The van der Waals surface area contributed by atoms with E-state index in [2.05, 4.69) is 0 Å². The van der Waals surface area contributed by atoms with Crippen molar-refractivity contribution in [2.45, 2.75) is 13.0 Å². The third kappa shape index (κ3) is 2.12. The van der Waals surface area contributed by atoms with Crippen molar-refractivity contribution in [2.75, 3.05) is 19.8 Å². The molecule has 0 aliphatic heterocycles. The highest BCUT2D eigenvalue weighted by Gasteiger charge is 2.18. The zero-order valence-corrected chi connectivity index (χ0v) is 8.82. The van der Waals surface area contributed by atoms with Crippen LogP contribution in [0, 0.1) is 0 Å². The van der Waals surface area contributed by atoms with Crippen molar-refractivity contribution in [2.24, 2.45) is 0 Å². The van der Waals surface area contributed by atoms with E-state index in [1.54, 1.807) is 12.1 Å². The van der Waals surface area contributed by atoms with Crippen LogP contribution in [0.2, 0.25) is 0 Å². The largest absolute Gasteiger partial charge is 0.398 e. The van der Waals surface area contributed by atoms with E-state index in [0.29, 0.717) is 11.3 Å². The second-order valence-corrected chi connectivity index (χ2v) is 3.59. The molecule has 0 aliphatic rings. The Morgan fingerprint density at radius 1 is 1.36 bits per heavy atom. The molecule has 3 heteroatoms. The molecule has 2 N–H and O–H groups in total. The van der Waals surface area contributed by atoms with Gasteiger partial charge in [0.2, 0.25) is 0 Å². The standard InChI is InChI=1S/C11H16N2O/c1-8(13(2)3)11(14)9-6-4-5-7-10(9)12/h4-8H,12H2,1-3H3. The molecule has 1 rings (SSSR count). The maximum atomic E-state index is 11.9. The molecule has 0 radical (unpaired) electrons. The molecule has 1 aromatic carbocycles. The van der Waals surface area contributed by atoms with E-state index in [-0.39, 0.29) is 11.8 Å². The van der Waals surface area contributed by atoms with Crippen LogP contribution in [0.15, 0.2) is 24.3 Å². The van der Waals surface area contributed by atoms with Gasteiger partial charge in [-0.1, -0.05) is 12.1 Å². The highest BCUT2D eigenvalue weighted by molar-refractivity contribution is 6.03. The Hall–Kier alpha value is -1.35. The van der Waals surface area contributed by atoms with E-state index < -0.39 is 0 Å². The fraction of sp³-hybridized carbons (Fsp3) is 0.364. The molecule has 3 nitrogen and oxygen atoms in total. The van der Waals surface area contributed by atoms with E-state index in [9.17, 15) is 4.79 Å². The lowest BCUT2D eigenvalue weighted by Gasteiger charge is -2.18. The van der Waals surface area contributed by atoms with Gasteiger partial charge in [-0.3, -0.25) is 9.69 Å². The summed E-state index contributed by atoms with van der Waals surface area (Å²) in [6.45, 7) is 1.87. The lowest BCUT2D eigenvalue weighted by Crippen LogP contribution is -2.33. The fourth-order valence-electron chi connectivity index (χ4n) is 1.18. The maximum Gasteiger partial charge on any atom is 0.181 e. The Morgan fingerprint density at radius 3 is 2.43 bits per heavy atom.